The van der Waals surface area contributed by atoms with Crippen molar-refractivity contribution in [2.45, 2.75) is 42.5 Å². The van der Waals surface area contributed by atoms with Gasteiger partial charge in [0.15, 0.2) is 0 Å². The van der Waals surface area contributed by atoms with E-state index in [1.807, 2.05) is 0 Å². The lowest BCUT2D eigenvalue weighted by atomic mass is 9.91. The normalized spacial score (nSPS) is 22.6. The second-order valence-electron chi connectivity index (χ2n) is 6.59. The van der Waals surface area contributed by atoms with Gasteiger partial charge in [-0.25, -0.2) is 8.42 Å². The van der Waals surface area contributed by atoms with Crippen molar-refractivity contribution in [3.05, 3.63) is 35.4 Å². The van der Waals surface area contributed by atoms with Crippen LogP contribution in [-0.4, -0.2) is 32.8 Å². The molecule has 1 heterocycles. The Hall–Kier alpha value is -1.61. The topological polar surface area (TPSA) is 72.5 Å². The van der Waals surface area contributed by atoms with E-state index in [0.29, 0.717) is 31.4 Å². The van der Waals surface area contributed by atoms with Gasteiger partial charge in [0.05, 0.1) is 12.2 Å². The predicted molar refractivity (Wildman–Crippen MR) is 83.3 cm³/mol. The van der Waals surface area contributed by atoms with Crippen molar-refractivity contribution in [1.82, 2.24) is 4.72 Å². The van der Waals surface area contributed by atoms with Crippen molar-refractivity contribution in [2.75, 3.05) is 13.2 Å². The van der Waals surface area contributed by atoms with Crippen molar-refractivity contribution in [2.24, 2.45) is 0 Å². The quantitative estimate of drug-likeness (QED) is 0.855. The Bertz CT molecular complexity index is 749. The van der Waals surface area contributed by atoms with E-state index in [1.165, 1.54) is 12.1 Å². The summed E-state index contributed by atoms with van der Waals surface area (Å²) in [5, 5.41) is -0.738. The number of sulfonamides is 1. The molecular formula is C16H18F3NO4S. The van der Waals surface area contributed by atoms with Gasteiger partial charge < -0.3 is 4.74 Å². The molecule has 1 aromatic carbocycles. The summed E-state index contributed by atoms with van der Waals surface area (Å²) in [4.78, 5) is 12.2. The molecule has 0 bridgehead atoms. The minimum atomic E-state index is -4.41. The fourth-order valence-electron chi connectivity index (χ4n) is 3.07. The van der Waals surface area contributed by atoms with Crippen molar-refractivity contribution < 1.29 is 31.1 Å². The maximum Gasteiger partial charge on any atom is 0.416 e. The van der Waals surface area contributed by atoms with Gasteiger partial charge in [0.1, 0.15) is 5.25 Å². The van der Waals surface area contributed by atoms with E-state index in [2.05, 4.69) is 4.72 Å². The Labute approximate surface area is 143 Å². The van der Waals surface area contributed by atoms with E-state index < -0.39 is 38.3 Å². The van der Waals surface area contributed by atoms with Crippen LogP contribution in [0.2, 0.25) is 0 Å². The third-order valence-corrected chi connectivity index (χ3v) is 6.52. The number of carbonyl (C=O) groups is 1. The molecule has 3 rings (SSSR count). The number of halogens is 3. The average molecular weight is 377 g/mol. The van der Waals surface area contributed by atoms with Gasteiger partial charge in [-0.15, -0.1) is 0 Å². The van der Waals surface area contributed by atoms with E-state index in [9.17, 15) is 26.4 Å². The number of hydrogen-bond acceptors (Lipinski definition) is 4. The first-order chi connectivity index (χ1) is 11.6. The standard InChI is InChI=1S/C16H18F3NO4S/c17-16(18,19)12-3-1-11(2-4-12)15(6-7-15)9-14(21)20-25(22,23)13-5-8-24-10-13/h1-4,13H,5-10H2,(H,20,21)/t13-/m0/s1. The maximum atomic E-state index is 12.6. The van der Waals surface area contributed by atoms with Crippen molar-refractivity contribution >= 4 is 15.9 Å². The van der Waals surface area contributed by atoms with Crippen LogP contribution >= 0.6 is 0 Å². The number of rotatable bonds is 5. The Morgan fingerprint density at radius 1 is 1.24 bits per heavy atom. The molecule has 1 saturated carbocycles. The number of amides is 1. The maximum absolute atomic E-state index is 12.6. The summed E-state index contributed by atoms with van der Waals surface area (Å²) in [5.41, 5.74) is -0.701. The van der Waals surface area contributed by atoms with Crippen molar-refractivity contribution in [3.63, 3.8) is 0 Å². The van der Waals surface area contributed by atoms with Crippen LogP contribution in [0.1, 0.15) is 36.8 Å². The molecule has 0 spiro atoms. The number of alkyl halides is 3. The third-order valence-electron chi connectivity index (χ3n) is 4.76. The molecule has 1 saturated heterocycles. The molecular weight excluding hydrogens is 359 g/mol. The van der Waals surface area contributed by atoms with Crippen molar-refractivity contribution in [3.8, 4) is 0 Å². The van der Waals surface area contributed by atoms with E-state index in [0.717, 1.165) is 12.1 Å². The summed E-state index contributed by atoms with van der Waals surface area (Å²) in [5.74, 6) is -0.635. The monoisotopic (exact) mass is 377 g/mol. The molecule has 2 aliphatic rings. The highest BCUT2D eigenvalue weighted by Crippen LogP contribution is 2.51. The molecule has 138 valence electrons. The van der Waals surface area contributed by atoms with Gasteiger partial charge in [0.2, 0.25) is 15.9 Å². The highest BCUT2D eigenvalue weighted by molar-refractivity contribution is 7.90. The second kappa shape index (κ2) is 6.28. The lowest BCUT2D eigenvalue weighted by molar-refractivity contribution is -0.137. The highest BCUT2D eigenvalue weighted by Gasteiger charge is 2.47. The van der Waals surface area contributed by atoms with Gasteiger partial charge >= 0.3 is 6.18 Å². The summed E-state index contributed by atoms with van der Waals surface area (Å²) >= 11 is 0. The minimum absolute atomic E-state index is 0.0622. The first-order valence-electron chi connectivity index (χ1n) is 7.92. The Kier molecular flexibility index (Phi) is 4.57. The first-order valence-corrected chi connectivity index (χ1v) is 9.47. The van der Waals surface area contributed by atoms with Gasteiger partial charge in [-0.3, -0.25) is 9.52 Å². The molecule has 25 heavy (non-hydrogen) atoms. The van der Waals surface area contributed by atoms with E-state index in [-0.39, 0.29) is 13.0 Å². The number of carbonyl (C=O) groups excluding carboxylic acids is 1. The van der Waals surface area contributed by atoms with Crippen LogP contribution in [-0.2, 0) is 31.1 Å². The molecule has 2 fully saturated rings. The predicted octanol–water partition coefficient (Wildman–Crippen LogP) is 2.36. The van der Waals surface area contributed by atoms with Gasteiger partial charge in [-0.1, -0.05) is 12.1 Å². The van der Waals surface area contributed by atoms with Gasteiger partial charge in [-0.2, -0.15) is 13.2 Å². The zero-order valence-corrected chi connectivity index (χ0v) is 14.1. The van der Waals surface area contributed by atoms with Gasteiger partial charge in [0.25, 0.3) is 0 Å². The zero-order valence-electron chi connectivity index (χ0n) is 13.3. The largest absolute Gasteiger partial charge is 0.416 e. The highest BCUT2D eigenvalue weighted by atomic mass is 32.2. The fraction of sp³-hybridized carbons (Fsp3) is 0.562. The third kappa shape index (κ3) is 3.98. The minimum Gasteiger partial charge on any atom is -0.380 e. The first kappa shape index (κ1) is 18.2. The number of benzene rings is 1. The van der Waals surface area contributed by atoms with Crippen LogP contribution in [0.25, 0.3) is 0 Å². The molecule has 1 N–H and O–H groups in total. The SMILES string of the molecule is O=C(CC1(c2ccc(C(F)(F)F)cc2)CC1)NS(=O)(=O)[C@H]1CCOC1. The van der Waals surface area contributed by atoms with Crippen LogP contribution in [0.15, 0.2) is 24.3 Å². The van der Waals surface area contributed by atoms with E-state index >= 15 is 0 Å². The summed E-state index contributed by atoms with van der Waals surface area (Å²) < 4.78 is 69.2. The summed E-state index contributed by atoms with van der Waals surface area (Å²) in [6.45, 7) is 0.405. The molecule has 9 heteroatoms. The zero-order chi connectivity index (χ0) is 18.3. The molecule has 0 aromatic heterocycles. The number of hydrogen-bond donors (Lipinski definition) is 1. The van der Waals surface area contributed by atoms with Gasteiger partial charge in [-0.05, 0) is 37.0 Å². The summed E-state index contributed by atoms with van der Waals surface area (Å²) in [6.07, 6.45) is -2.86. The van der Waals surface area contributed by atoms with E-state index in [4.69, 9.17) is 4.74 Å². The molecule has 1 aliphatic heterocycles. The molecule has 0 unspecified atom stereocenters. The van der Waals surface area contributed by atoms with Crippen LogP contribution in [0, 0.1) is 0 Å². The van der Waals surface area contributed by atoms with Crippen molar-refractivity contribution in [1.29, 1.82) is 0 Å². The smallest absolute Gasteiger partial charge is 0.380 e. The van der Waals surface area contributed by atoms with Crippen LogP contribution in [0.5, 0.6) is 0 Å². The fourth-order valence-corrected chi connectivity index (χ4v) is 4.31. The lowest BCUT2D eigenvalue weighted by Gasteiger charge is -2.17. The molecule has 1 aromatic rings. The van der Waals surface area contributed by atoms with Crippen LogP contribution < -0.4 is 4.72 Å². The Morgan fingerprint density at radius 3 is 2.36 bits per heavy atom. The molecule has 5 nitrogen and oxygen atoms in total. The summed E-state index contributed by atoms with van der Waals surface area (Å²) in [6, 6.07) is 4.70. The summed E-state index contributed by atoms with van der Waals surface area (Å²) in [7, 11) is -3.79. The number of nitrogens with one attached hydrogen (secondary N) is 1. The van der Waals surface area contributed by atoms with E-state index in [1.54, 1.807) is 0 Å². The lowest BCUT2D eigenvalue weighted by Crippen LogP contribution is -2.39. The molecule has 1 amide bonds. The number of ether oxygens (including phenoxy) is 1. The average Bonchev–Trinajstić information content (AvgIpc) is 3.08. The molecule has 1 aliphatic carbocycles. The Morgan fingerprint density at radius 2 is 1.88 bits per heavy atom. The second-order valence-corrected chi connectivity index (χ2v) is 8.55. The van der Waals surface area contributed by atoms with Crippen LogP contribution in [0.3, 0.4) is 0 Å². The Balaban J connectivity index is 1.66. The molecule has 0 radical (unpaired) electrons. The van der Waals surface area contributed by atoms with Crippen LogP contribution in [0.4, 0.5) is 13.2 Å². The molecule has 1 atom stereocenters. The van der Waals surface area contributed by atoms with Gasteiger partial charge in [0, 0.05) is 18.4 Å².